The van der Waals surface area contributed by atoms with Crippen LogP contribution in [-0.4, -0.2) is 9.97 Å². The Hall–Kier alpha value is -2.21. The molecule has 3 rings (SSSR count). The molecule has 0 atom stereocenters. The SMILES string of the molecule is CCCCCCCCCCc1ccc(-c2cnc(C3CCC(C#N)(CCCC)CC3)nc2)cc1. The molecule has 0 saturated heterocycles. The quantitative estimate of drug-likeness (QED) is 0.264. The smallest absolute Gasteiger partial charge is 0.131 e. The number of rotatable bonds is 14. The van der Waals surface area contributed by atoms with Crippen molar-refractivity contribution in [2.75, 3.05) is 0 Å². The van der Waals surface area contributed by atoms with Crippen LogP contribution in [0.1, 0.15) is 127 Å². The van der Waals surface area contributed by atoms with Crippen LogP contribution in [0, 0.1) is 16.7 Å². The van der Waals surface area contributed by atoms with Crippen LogP contribution in [0.3, 0.4) is 0 Å². The van der Waals surface area contributed by atoms with Crippen molar-refractivity contribution in [1.29, 1.82) is 5.26 Å². The number of hydrogen-bond donors (Lipinski definition) is 0. The summed E-state index contributed by atoms with van der Waals surface area (Å²) in [5, 5.41) is 9.73. The van der Waals surface area contributed by atoms with Gasteiger partial charge in [-0.3, -0.25) is 0 Å². The first-order valence-corrected chi connectivity index (χ1v) is 14.0. The molecule has 3 heteroatoms. The second-order valence-corrected chi connectivity index (χ2v) is 10.5. The first-order chi connectivity index (χ1) is 16.7. The molecule has 0 spiro atoms. The predicted octanol–water partition coefficient (Wildman–Crippen LogP) is 9.18. The summed E-state index contributed by atoms with van der Waals surface area (Å²) >= 11 is 0. The molecular weight excluding hydrogens is 414 g/mol. The largest absolute Gasteiger partial charge is 0.240 e. The third-order valence-corrected chi connectivity index (χ3v) is 7.83. The van der Waals surface area contributed by atoms with Gasteiger partial charge in [-0.15, -0.1) is 0 Å². The monoisotopic (exact) mass is 459 g/mol. The van der Waals surface area contributed by atoms with Gasteiger partial charge in [0.2, 0.25) is 0 Å². The highest BCUT2D eigenvalue weighted by Gasteiger charge is 2.36. The van der Waals surface area contributed by atoms with Crippen molar-refractivity contribution in [3.8, 4) is 17.2 Å². The number of aryl methyl sites for hydroxylation is 1. The summed E-state index contributed by atoms with van der Waals surface area (Å²) in [6.45, 7) is 4.48. The molecule has 1 saturated carbocycles. The van der Waals surface area contributed by atoms with Gasteiger partial charge in [0.15, 0.2) is 0 Å². The Morgan fingerprint density at radius 2 is 1.38 bits per heavy atom. The summed E-state index contributed by atoms with van der Waals surface area (Å²) in [4.78, 5) is 9.48. The number of hydrogen-bond acceptors (Lipinski definition) is 3. The van der Waals surface area contributed by atoms with E-state index < -0.39 is 0 Å². The van der Waals surface area contributed by atoms with Gasteiger partial charge in [-0.25, -0.2) is 9.97 Å². The number of nitrogens with zero attached hydrogens (tertiary/aromatic N) is 3. The Labute approximate surface area is 208 Å². The van der Waals surface area contributed by atoms with Crippen molar-refractivity contribution in [3.05, 3.63) is 48.0 Å². The van der Waals surface area contributed by atoms with E-state index in [2.05, 4.69) is 44.2 Å². The maximum absolute atomic E-state index is 9.73. The summed E-state index contributed by atoms with van der Waals surface area (Å²) in [7, 11) is 0. The zero-order valence-electron chi connectivity index (χ0n) is 21.7. The van der Waals surface area contributed by atoms with E-state index in [1.165, 1.54) is 68.9 Å². The summed E-state index contributed by atoms with van der Waals surface area (Å²) < 4.78 is 0. The van der Waals surface area contributed by atoms with Crippen molar-refractivity contribution in [2.45, 2.75) is 122 Å². The molecule has 0 amide bonds. The van der Waals surface area contributed by atoms with Crippen LogP contribution in [0.4, 0.5) is 0 Å². The fourth-order valence-electron chi connectivity index (χ4n) is 5.39. The number of unbranched alkanes of at least 4 members (excludes halogenated alkanes) is 8. The van der Waals surface area contributed by atoms with Crippen molar-refractivity contribution in [1.82, 2.24) is 9.97 Å². The van der Waals surface area contributed by atoms with Crippen molar-refractivity contribution in [3.63, 3.8) is 0 Å². The fraction of sp³-hybridized carbons (Fsp3) is 0.645. The molecule has 0 N–H and O–H groups in total. The molecule has 2 aromatic rings. The minimum absolute atomic E-state index is 0.108. The molecule has 1 aromatic carbocycles. The van der Waals surface area contributed by atoms with Crippen molar-refractivity contribution < 1.29 is 0 Å². The minimum atomic E-state index is -0.108. The predicted molar refractivity (Wildman–Crippen MR) is 143 cm³/mol. The minimum Gasteiger partial charge on any atom is -0.240 e. The molecule has 1 aliphatic rings. The number of benzene rings is 1. The highest BCUT2D eigenvalue weighted by molar-refractivity contribution is 5.61. The van der Waals surface area contributed by atoms with E-state index in [-0.39, 0.29) is 5.41 Å². The second kappa shape index (κ2) is 14.2. The highest BCUT2D eigenvalue weighted by Crippen LogP contribution is 2.44. The molecule has 0 aliphatic heterocycles. The average molecular weight is 460 g/mol. The molecule has 0 radical (unpaired) electrons. The summed E-state index contributed by atoms with van der Waals surface area (Å²) in [5.74, 6) is 1.35. The first kappa shape index (κ1) is 26.4. The number of aromatic nitrogens is 2. The van der Waals surface area contributed by atoms with E-state index in [9.17, 15) is 5.26 Å². The molecule has 1 fully saturated rings. The Morgan fingerprint density at radius 3 is 1.97 bits per heavy atom. The fourth-order valence-corrected chi connectivity index (χ4v) is 5.39. The van der Waals surface area contributed by atoms with Crippen molar-refractivity contribution >= 4 is 0 Å². The normalized spacial score (nSPS) is 20.2. The topological polar surface area (TPSA) is 49.6 Å². The summed E-state index contributed by atoms with van der Waals surface area (Å²) in [5.41, 5.74) is 3.60. The third-order valence-electron chi connectivity index (χ3n) is 7.83. The standard InChI is InChI=1S/C31H45N3/c1-3-5-7-8-9-10-11-12-13-26-14-16-27(17-15-26)29-23-33-30(34-24-29)28-18-21-31(25-32,22-19-28)20-6-4-2/h14-17,23-24,28H,3-13,18-22H2,1-2H3. The molecule has 184 valence electrons. The molecule has 0 bridgehead atoms. The lowest BCUT2D eigenvalue weighted by Crippen LogP contribution is -2.26. The summed E-state index contributed by atoms with van der Waals surface area (Å²) in [6, 6.07) is 11.6. The lowest BCUT2D eigenvalue weighted by Gasteiger charge is -2.34. The van der Waals surface area contributed by atoms with E-state index >= 15 is 0 Å². The molecule has 34 heavy (non-hydrogen) atoms. The van der Waals surface area contributed by atoms with Gasteiger partial charge in [-0.1, -0.05) is 95.9 Å². The van der Waals surface area contributed by atoms with Crippen LogP contribution < -0.4 is 0 Å². The molecule has 3 nitrogen and oxygen atoms in total. The van der Waals surface area contributed by atoms with E-state index in [4.69, 9.17) is 9.97 Å². The molecular formula is C31H45N3. The van der Waals surface area contributed by atoms with Gasteiger partial charge < -0.3 is 0 Å². The Bertz CT molecular complexity index is 855. The Morgan fingerprint density at radius 1 is 0.794 bits per heavy atom. The lowest BCUT2D eigenvalue weighted by atomic mass is 9.68. The van der Waals surface area contributed by atoms with Gasteiger partial charge >= 0.3 is 0 Å². The summed E-state index contributed by atoms with van der Waals surface area (Å²) in [6.07, 6.45) is 23.5. The van der Waals surface area contributed by atoms with Gasteiger partial charge in [0.05, 0.1) is 11.5 Å². The lowest BCUT2D eigenvalue weighted by molar-refractivity contribution is 0.221. The Balaban J connectivity index is 1.44. The number of nitriles is 1. The van der Waals surface area contributed by atoms with Crippen LogP contribution in [0.5, 0.6) is 0 Å². The van der Waals surface area contributed by atoms with Crippen molar-refractivity contribution in [2.24, 2.45) is 5.41 Å². The molecule has 1 heterocycles. The first-order valence-electron chi connectivity index (χ1n) is 14.0. The van der Waals surface area contributed by atoms with Crippen LogP contribution >= 0.6 is 0 Å². The van der Waals surface area contributed by atoms with Gasteiger partial charge in [0.1, 0.15) is 5.82 Å². The van der Waals surface area contributed by atoms with Gasteiger partial charge in [-0.2, -0.15) is 5.26 Å². The Kier molecular flexibility index (Phi) is 11.1. The molecule has 1 aromatic heterocycles. The van der Waals surface area contributed by atoms with Gasteiger partial charge in [0.25, 0.3) is 0 Å². The highest BCUT2D eigenvalue weighted by atomic mass is 14.9. The van der Waals surface area contributed by atoms with Crippen LogP contribution in [-0.2, 0) is 6.42 Å². The zero-order valence-corrected chi connectivity index (χ0v) is 21.7. The van der Waals surface area contributed by atoms with E-state index in [1.807, 2.05) is 12.4 Å². The van der Waals surface area contributed by atoms with E-state index in [0.717, 1.165) is 56.3 Å². The third kappa shape index (κ3) is 7.93. The van der Waals surface area contributed by atoms with E-state index in [0.29, 0.717) is 5.92 Å². The zero-order chi connectivity index (χ0) is 24.1. The second-order valence-electron chi connectivity index (χ2n) is 10.5. The van der Waals surface area contributed by atoms with E-state index in [1.54, 1.807) is 0 Å². The van der Waals surface area contributed by atoms with Crippen LogP contribution in [0.25, 0.3) is 11.1 Å². The molecule has 0 unspecified atom stereocenters. The van der Waals surface area contributed by atoms with Gasteiger partial charge in [0, 0.05) is 23.9 Å². The van der Waals surface area contributed by atoms with Crippen LogP contribution in [0.15, 0.2) is 36.7 Å². The average Bonchev–Trinajstić information content (AvgIpc) is 2.90. The maximum Gasteiger partial charge on any atom is 0.131 e. The molecule has 1 aliphatic carbocycles. The van der Waals surface area contributed by atoms with Gasteiger partial charge in [-0.05, 0) is 56.1 Å². The van der Waals surface area contributed by atoms with Crippen LogP contribution in [0.2, 0.25) is 0 Å². The maximum atomic E-state index is 9.73.